The Kier molecular flexibility index (Phi) is 3.89. The maximum Gasteiger partial charge on any atom is 0.0563 e. The molecule has 0 aromatic heterocycles. The van der Waals surface area contributed by atoms with Gasteiger partial charge in [0, 0.05) is 5.25 Å². The van der Waals surface area contributed by atoms with Gasteiger partial charge in [-0.2, -0.15) is 11.8 Å². The molecule has 0 aromatic rings. The zero-order valence-corrected chi connectivity index (χ0v) is 5.27. The van der Waals surface area contributed by atoms with Crippen LogP contribution in [0.15, 0.2) is 5.16 Å². The Hall–Kier alpha value is -0.180. The quantitative estimate of drug-likeness (QED) is 0.336. The minimum atomic E-state index is 0.324. The summed E-state index contributed by atoms with van der Waals surface area (Å²) in [7, 11) is 0. The molecule has 2 nitrogen and oxygen atoms in total. The van der Waals surface area contributed by atoms with Gasteiger partial charge >= 0.3 is 0 Å². The first-order chi connectivity index (χ1) is 3.31. The van der Waals surface area contributed by atoms with Gasteiger partial charge in [0.05, 0.1) is 6.21 Å². The number of hydrogen-bond acceptors (Lipinski definition) is 3. The smallest absolute Gasteiger partial charge is 0.0563 e. The molecule has 0 saturated carbocycles. The molecule has 0 aliphatic rings. The highest BCUT2D eigenvalue weighted by Crippen LogP contribution is 1.99. The van der Waals surface area contributed by atoms with Crippen molar-refractivity contribution < 1.29 is 5.21 Å². The van der Waals surface area contributed by atoms with Gasteiger partial charge in [0.1, 0.15) is 0 Å². The third-order valence-electron chi connectivity index (χ3n) is 0.648. The van der Waals surface area contributed by atoms with Gasteiger partial charge in [0.25, 0.3) is 0 Å². The molecule has 0 aliphatic carbocycles. The van der Waals surface area contributed by atoms with Crippen molar-refractivity contribution in [1.82, 2.24) is 0 Å². The van der Waals surface area contributed by atoms with E-state index in [1.165, 1.54) is 6.21 Å². The monoisotopic (exact) mass is 119 g/mol. The van der Waals surface area contributed by atoms with Crippen LogP contribution < -0.4 is 0 Å². The fourth-order valence-corrected chi connectivity index (χ4v) is 0.331. The van der Waals surface area contributed by atoms with Crippen molar-refractivity contribution in [3.05, 3.63) is 0 Å². The lowest BCUT2D eigenvalue weighted by molar-refractivity contribution is 0.321. The summed E-state index contributed by atoms with van der Waals surface area (Å²) in [5.41, 5.74) is 0. The van der Waals surface area contributed by atoms with Crippen LogP contribution in [0.3, 0.4) is 0 Å². The number of thioether (sulfide) groups is 1. The Bertz CT molecular complexity index is 64.7. The van der Waals surface area contributed by atoms with Crippen LogP contribution in [0.2, 0.25) is 0 Å². The summed E-state index contributed by atoms with van der Waals surface area (Å²) in [5, 5.41) is 11.1. The van der Waals surface area contributed by atoms with Crippen molar-refractivity contribution in [1.29, 1.82) is 0 Å². The highest BCUT2D eigenvalue weighted by molar-refractivity contribution is 7.99. The molecule has 0 amide bonds. The van der Waals surface area contributed by atoms with Crippen molar-refractivity contribution in [2.75, 3.05) is 6.26 Å². The molecule has 0 radical (unpaired) electrons. The maximum absolute atomic E-state index is 7.92. The van der Waals surface area contributed by atoms with E-state index in [0.717, 1.165) is 0 Å². The lowest BCUT2D eigenvalue weighted by atomic mass is 10.5. The van der Waals surface area contributed by atoms with Crippen LogP contribution in [-0.4, -0.2) is 22.9 Å². The predicted octanol–water partition coefficient (Wildman–Crippen LogP) is 1.20. The number of oxime groups is 1. The lowest BCUT2D eigenvalue weighted by Crippen LogP contribution is -1.94. The second-order valence-corrected chi connectivity index (χ2v) is 2.42. The Morgan fingerprint density at radius 2 is 2.43 bits per heavy atom. The Balaban J connectivity index is 3.16. The molecule has 0 aliphatic heterocycles. The molecule has 3 heteroatoms. The van der Waals surface area contributed by atoms with Crippen LogP contribution in [0.4, 0.5) is 0 Å². The second kappa shape index (κ2) is 3.99. The first-order valence-electron chi connectivity index (χ1n) is 2.01. The highest BCUT2D eigenvalue weighted by Gasteiger charge is 1.89. The van der Waals surface area contributed by atoms with Crippen LogP contribution in [-0.2, 0) is 0 Å². The maximum atomic E-state index is 7.92. The van der Waals surface area contributed by atoms with Crippen molar-refractivity contribution in [3.8, 4) is 0 Å². The van der Waals surface area contributed by atoms with Crippen LogP contribution in [0.5, 0.6) is 0 Å². The summed E-state index contributed by atoms with van der Waals surface area (Å²) < 4.78 is 0. The van der Waals surface area contributed by atoms with E-state index in [1.807, 2.05) is 13.2 Å². The SMILES string of the molecule is CSC(C)/C=N/O. The van der Waals surface area contributed by atoms with Gasteiger partial charge in [0.15, 0.2) is 0 Å². The van der Waals surface area contributed by atoms with Gasteiger partial charge in [-0.15, -0.1) is 5.16 Å². The van der Waals surface area contributed by atoms with Gasteiger partial charge in [-0.3, -0.25) is 0 Å². The minimum Gasteiger partial charge on any atom is -0.411 e. The molecule has 1 N–H and O–H groups in total. The standard InChI is InChI=1S/C4H9NOS/c1-4(7-2)3-5-6/h3-4,6H,1-2H3/b5-3+. The average Bonchev–Trinajstić information content (AvgIpc) is 1.68. The summed E-state index contributed by atoms with van der Waals surface area (Å²) in [6, 6.07) is 0. The van der Waals surface area contributed by atoms with E-state index in [4.69, 9.17) is 5.21 Å². The third kappa shape index (κ3) is 3.66. The summed E-state index contributed by atoms with van der Waals surface area (Å²) in [5.74, 6) is 0. The van der Waals surface area contributed by atoms with Crippen molar-refractivity contribution in [2.24, 2.45) is 5.16 Å². The van der Waals surface area contributed by atoms with E-state index in [9.17, 15) is 0 Å². The van der Waals surface area contributed by atoms with Crippen molar-refractivity contribution in [2.45, 2.75) is 12.2 Å². The third-order valence-corrected chi connectivity index (χ3v) is 1.51. The molecular formula is C4H9NOS. The van der Waals surface area contributed by atoms with Gasteiger partial charge in [-0.1, -0.05) is 0 Å². The molecule has 0 heterocycles. The molecule has 0 rings (SSSR count). The zero-order chi connectivity index (χ0) is 5.70. The summed E-state index contributed by atoms with van der Waals surface area (Å²) in [6.07, 6.45) is 3.46. The average molecular weight is 119 g/mol. The molecule has 0 spiro atoms. The summed E-state index contributed by atoms with van der Waals surface area (Å²) in [6.45, 7) is 1.96. The predicted molar refractivity (Wildman–Crippen MR) is 33.3 cm³/mol. The molecule has 0 aromatic carbocycles. The van der Waals surface area contributed by atoms with Gasteiger partial charge in [-0.25, -0.2) is 0 Å². The molecule has 0 fully saturated rings. The van der Waals surface area contributed by atoms with Crippen LogP contribution >= 0.6 is 11.8 Å². The molecular weight excluding hydrogens is 110 g/mol. The second-order valence-electron chi connectivity index (χ2n) is 1.21. The first-order valence-corrected chi connectivity index (χ1v) is 3.30. The molecule has 42 valence electrons. The zero-order valence-electron chi connectivity index (χ0n) is 4.46. The van der Waals surface area contributed by atoms with E-state index in [1.54, 1.807) is 11.8 Å². The van der Waals surface area contributed by atoms with Crippen LogP contribution in [0.25, 0.3) is 0 Å². The van der Waals surface area contributed by atoms with Crippen LogP contribution in [0, 0.1) is 0 Å². The molecule has 0 saturated heterocycles. The molecule has 7 heavy (non-hydrogen) atoms. The van der Waals surface area contributed by atoms with E-state index in [-0.39, 0.29) is 0 Å². The fourth-order valence-electron chi connectivity index (χ4n) is 0.155. The Labute approximate surface area is 47.6 Å². The van der Waals surface area contributed by atoms with E-state index in [0.29, 0.717) is 5.25 Å². The number of hydrogen-bond donors (Lipinski definition) is 1. The fraction of sp³-hybridized carbons (Fsp3) is 0.750. The lowest BCUT2D eigenvalue weighted by Gasteiger charge is -1.93. The minimum absolute atomic E-state index is 0.324. The summed E-state index contributed by atoms with van der Waals surface area (Å²) >= 11 is 1.64. The molecule has 1 unspecified atom stereocenters. The normalized spacial score (nSPS) is 15.1. The molecule has 0 bridgehead atoms. The van der Waals surface area contributed by atoms with E-state index >= 15 is 0 Å². The molecule has 1 atom stereocenters. The number of rotatable bonds is 2. The Morgan fingerprint density at radius 3 is 2.57 bits per heavy atom. The highest BCUT2D eigenvalue weighted by atomic mass is 32.2. The van der Waals surface area contributed by atoms with Gasteiger partial charge in [0.2, 0.25) is 0 Å². The van der Waals surface area contributed by atoms with Gasteiger partial charge in [-0.05, 0) is 13.2 Å². The van der Waals surface area contributed by atoms with Crippen LogP contribution in [0.1, 0.15) is 6.92 Å². The number of nitrogens with zero attached hydrogens (tertiary/aromatic N) is 1. The van der Waals surface area contributed by atoms with Crippen molar-refractivity contribution in [3.63, 3.8) is 0 Å². The summed E-state index contributed by atoms with van der Waals surface area (Å²) in [4.78, 5) is 0. The first kappa shape index (κ1) is 6.82. The van der Waals surface area contributed by atoms with Gasteiger partial charge < -0.3 is 5.21 Å². The Morgan fingerprint density at radius 1 is 1.86 bits per heavy atom. The van der Waals surface area contributed by atoms with E-state index in [2.05, 4.69) is 5.16 Å². The van der Waals surface area contributed by atoms with E-state index < -0.39 is 0 Å². The van der Waals surface area contributed by atoms with Crippen molar-refractivity contribution >= 4 is 18.0 Å². The largest absolute Gasteiger partial charge is 0.411 e. The topological polar surface area (TPSA) is 32.6 Å².